The molecule has 0 unspecified atom stereocenters. The SMILES string of the molecule is CCCc1[nH]nc(C(=O)N(CC)CCC)c1S(N)(=O)=O. The van der Waals surface area contributed by atoms with Crippen LogP contribution in [0.5, 0.6) is 0 Å². The summed E-state index contributed by atoms with van der Waals surface area (Å²) in [6.07, 6.45) is 1.99. The standard InChI is InChI=1S/C12H22N4O3S/c1-4-7-9-11(20(13,18)19)10(15-14-9)12(17)16(6-3)8-5-2/h4-8H2,1-3H3,(H,14,15)(H2,13,18,19). The van der Waals surface area contributed by atoms with Gasteiger partial charge in [-0.05, 0) is 19.8 Å². The minimum atomic E-state index is -3.99. The molecule has 1 rings (SSSR count). The third-order valence-corrected chi connectivity index (χ3v) is 3.95. The average Bonchev–Trinajstić information content (AvgIpc) is 2.79. The first kappa shape index (κ1) is 16.6. The molecule has 0 saturated carbocycles. The normalized spacial score (nSPS) is 11.6. The molecule has 8 heteroatoms. The second-order valence-electron chi connectivity index (χ2n) is 4.56. The molecule has 1 amide bonds. The lowest BCUT2D eigenvalue weighted by molar-refractivity contribution is 0.0754. The first-order chi connectivity index (χ1) is 9.36. The number of rotatable bonds is 7. The highest BCUT2D eigenvalue weighted by atomic mass is 32.2. The molecule has 0 aliphatic heterocycles. The largest absolute Gasteiger partial charge is 0.338 e. The highest BCUT2D eigenvalue weighted by molar-refractivity contribution is 7.89. The number of carbonyl (C=O) groups excluding carboxylic acids is 1. The van der Waals surface area contributed by atoms with Crippen LogP contribution in [0.3, 0.4) is 0 Å². The number of nitrogens with two attached hydrogens (primary N) is 1. The Kier molecular flexibility index (Phi) is 5.70. The second kappa shape index (κ2) is 6.85. The van der Waals surface area contributed by atoms with Gasteiger partial charge in [-0.15, -0.1) is 0 Å². The summed E-state index contributed by atoms with van der Waals surface area (Å²) >= 11 is 0. The summed E-state index contributed by atoms with van der Waals surface area (Å²) in [5, 5.41) is 11.7. The van der Waals surface area contributed by atoms with E-state index < -0.39 is 15.9 Å². The van der Waals surface area contributed by atoms with E-state index in [9.17, 15) is 13.2 Å². The summed E-state index contributed by atoms with van der Waals surface area (Å²) in [4.78, 5) is 13.8. The summed E-state index contributed by atoms with van der Waals surface area (Å²) in [6.45, 7) is 6.74. The zero-order chi connectivity index (χ0) is 15.3. The minimum absolute atomic E-state index is 0.105. The molecule has 0 saturated heterocycles. The van der Waals surface area contributed by atoms with Gasteiger partial charge < -0.3 is 4.90 Å². The van der Waals surface area contributed by atoms with E-state index in [2.05, 4.69) is 10.2 Å². The van der Waals surface area contributed by atoms with Crippen molar-refractivity contribution in [1.82, 2.24) is 15.1 Å². The number of primary sulfonamides is 1. The fourth-order valence-electron chi connectivity index (χ4n) is 2.06. The molecule has 0 bridgehead atoms. The number of amides is 1. The van der Waals surface area contributed by atoms with Crippen molar-refractivity contribution >= 4 is 15.9 Å². The lowest BCUT2D eigenvalue weighted by atomic mass is 10.2. The number of nitrogens with one attached hydrogen (secondary N) is 1. The Hall–Kier alpha value is -1.41. The van der Waals surface area contributed by atoms with E-state index in [1.165, 1.54) is 0 Å². The van der Waals surface area contributed by atoms with Crippen molar-refractivity contribution in [2.45, 2.75) is 44.9 Å². The number of H-pyrrole nitrogens is 1. The van der Waals surface area contributed by atoms with Crippen molar-refractivity contribution < 1.29 is 13.2 Å². The van der Waals surface area contributed by atoms with Crippen LogP contribution in [0.4, 0.5) is 0 Å². The Morgan fingerprint density at radius 1 is 1.30 bits per heavy atom. The van der Waals surface area contributed by atoms with Crippen LogP contribution in [0.2, 0.25) is 0 Å². The molecule has 20 heavy (non-hydrogen) atoms. The van der Waals surface area contributed by atoms with Crippen molar-refractivity contribution in [3.63, 3.8) is 0 Å². The quantitative estimate of drug-likeness (QED) is 0.779. The maximum absolute atomic E-state index is 12.4. The van der Waals surface area contributed by atoms with Crippen molar-refractivity contribution in [2.75, 3.05) is 13.1 Å². The molecule has 0 fully saturated rings. The zero-order valence-electron chi connectivity index (χ0n) is 12.1. The van der Waals surface area contributed by atoms with Gasteiger partial charge in [0.05, 0.1) is 5.69 Å². The third kappa shape index (κ3) is 3.57. The molecule has 1 heterocycles. The summed E-state index contributed by atoms with van der Waals surface area (Å²) in [7, 11) is -3.99. The minimum Gasteiger partial charge on any atom is -0.338 e. The Morgan fingerprint density at radius 2 is 1.95 bits per heavy atom. The molecule has 7 nitrogen and oxygen atoms in total. The fraction of sp³-hybridized carbons (Fsp3) is 0.667. The molecule has 1 aromatic heterocycles. The van der Waals surface area contributed by atoms with Gasteiger partial charge in [0.1, 0.15) is 4.90 Å². The summed E-state index contributed by atoms with van der Waals surface area (Å²) in [6, 6.07) is 0. The maximum Gasteiger partial charge on any atom is 0.275 e. The molecule has 1 aromatic rings. The van der Waals surface area contributed by atoms with Gasteiger partial charge in [-0.2, -0.15) is 5.10 Å². The van der Waals surface area contributed by atoms with Crippen molar-refractivity contribution in [3.05, 3.63) is 11.4 Å². The van der Waals surface area contributed by atoms with E-state index in [0.717, 1.165) is 12.8 Å². The van der Waals surface area contributed by atoms with Gasteiger partial charge in [0, 0.05) is 13.1 Å². The van der Waals surface area contributed by atoms with Crippen molar-refractivity contribution in [2.24, 2.45) is 5.14 Å². The molecule has 0 atom stereocenters. The Bertz CT molecular complexity index is 565. The number of sulfonamides is 1. The van der Waals surface area contributed by atoms with Gasteiger partial charge in [0.25, 0.3) is 5.91 Å². The average molecular weight is 302 g/mol. The topological polar surface area (TPSA) is 109 Å². The van der Waals surface area contributed by atoms with Gasteiger partial charge in [-0.1, -0.05) is 20.3 Å². The van der Waals surface area contributed by atoms with Gasteiger partial charge in [0.15, 0.2) is 5.69 Å². The van der Waals surface area contributed by atoms with Crippen LogP contribution in [0, 0.1) is 0 Å². The van der Waals surface area contributed by atoms with E-state index >= 15 is 0 Å². The molecule has 0 aliphatic carbocycles. The number of hydrogen-bond acceptors (Lipinski definition) is 4. The van der Waals surface area contributed by atoms with Gasteiger partial charge in [-0.25, -0.2) is 13.6 Å². The number of aryl methyl sites for hydroxylation is 1. The Labute approximate surface area is 119 Å². The molecule has 3 N–H and O–H groups in total. The fourth-order valence-corrected chi connectivity index (χ4v) is 2.96. The van der Waals surface area contributed by atoms with Crippen LogP contribution < -0.4 is 5.14 Å². The highest BCUT2D eigenvalue weighted by Crippen LogP contribution is 2.20. The second-order valence-corrected chi connectivity index (χ2v) is 6.06. The van der Waals surface area contributed by atoms with Gasteiger partial charge in [0.2, 0.25) is 10.0 Å². The van der Waals surface area contributed by atoms with Crippen molar-refractivity contribution in [3.8, 4) is 0 Å². The lowest BCUT2D eigenvalue weighted by Gasteiger charge is -2.19. The smallest absolute Gasteiger partial charge is 0.275 e. The molecule has 114 valence electrons. The van der Waals surface area contributed by atoms with Crippen LogP contribution in [0.1, 0.15) is 49.8 Å². The number of nitrogens with zero attached hydrogens (tertiary/aromatic N) is 2. The summed E-state index contributed by atoms with van der Waals surface area (Å²) < 4.78 is 23.5. The van der Waals surface area contributed by atoms with E-state index in [1.54, 1.807) is 4.90 Å². The molecule has 0 aliphatic rings. The monoisotopic (exact) mass is 302 g/mol. The molecular formula is C12H22N4O3S. The number of carbonyl (C=O) groups is 1. The molecule has 0 spiro atoms. The van der Waals surface area contributed by atoms with Crippen molar-refractivity contribution in [1.29, 1.82) is 0 Å². The van der Waals surface area contributed by atoms with E-state index in [1.807, 2.05) is 20.8 Å². The first-order valence-electron chi connectivity index (χ1n) is 6.76. The highest BCUT2D eigenvalue weighted by Gasteiger charge is 2.29. The molecule has 0 radical (unpaired) electrons. The molecular weight excluding hydrogens is 280 g/mol. The van der Waals surface area contributed by atoms with Gasteiger partial charge in [-0.3, -0.25) is 9.89 Å². The van der Waals surface area contributed by atoms with Gasteiger partial charge >= 0.3 is 0 Å². The van der Waals surface area contributed by atoms with E-state index in [-0.39, 0.29) is 10.6 Å². The summed E-state index contributed by atoms with van der Waals surface area (Å²) in [5.74, 6) is -0.406. The van der Waals surface area contributed by atoms with E-state index in [0.29, 0.717) is 25.2 Å². The number of aromatic nitrogens is 2. The predicted molar refractivity (Wildman–Crippen MR) is 75.8 cm³/mol. The third-order valence-electron chi connectivity index (χ3n) is 2.94. The van der Waals surface area contributed by atoms with Crippen LogP contribution in [0.15, 0.2) is 4.90 Å². The van der Waals surface area contributed by atoms with Crippen LogP contribution in [-0.4, -0.2) is 42.5 Å². The molecule has 0 aromatic carbocycles. The van der Waals surface area contributed by atoms with Crippen LogP contribution >= 0.6 is 0 Å². The Morgan fingerprint density at radius 3 is 2.40 bits per heavy atom. The maximum atomic E-state index is 12.4. The number of aromatic amines is 1. The van der Waals surface area contributed by atoms with Crippen LogP contribution in [-0.2, 0) is 16.4 Å². The summed E-state index contributed by atoms with van der Waals surface area (Å²) in [5.41, 5.74) is 0.289. The Balaban J connectivity index is 3.28. The zero-order valence-corrected chi connectivity index (χ0v) is 13.0. The van der Waals surface area contributed by atoms with E-state index in [4.69, 9.17) is 5.14 Å². The lowest BCUT2D eigenvalue weighted by Crippen LogP contribution is -2.33. The number of hydrogen-bond donors (Lipinski definition) is 2. The first-order valence-corrected chi connectivity index (χ1v) is 8.30. The predicted octanol–water partition coefficient (Wildman–Crippen LogP) is 0.882. The van der Waals surface area contributed by atoms with Crippen LogP contribution in [0.25, 0.3) is 0 Å².